The molecule has 0 bridgehead atoms. The van der Waals surface area contributed by atoms with E-state index in [0.717, 1.165) is 11.1 Å². The monoisotopic (exact) mass is 510 g/mol. The van der Waals surface area contributed by atoms with Crippen molar-refractivity contribution < 1.29 is 29.3 Å². The molecule has 1 aromatic heterocycles. The third kappa shape index (κ3) is 7.47. The highest BCUT2D eigenvalue weighted by Crippen LogP contribution is 2.28. The Morgan fingerprint density at radius 2 is 1.76 bits per heavy atom. The van der Waals surface area contributed by atoms with E-state index in [2.05, 4.69) is 10.4 Å². The molecule has 0 radical (unpaired) electrons. The van der Waals surface area contributed by atoms with E-state index >= 15 is 0 Å². The molecule has 0 unspecified atom stereocenters. The number of halogens is 1. The van der Waals surface area contributed by atoms with Gasteiger partial charge in [-0.1, -0.05) is 38.1 Å². The lowest BCUT2D eigenvalue weighted by Gasteiger charge is -2.17. The molecule has 198 valence electrons. The van der Waals surface area contributed by atoms with Crippen LogP contribution in [-0.4, -0.2) is 44.1 Å². The van der Waals surface area contributed by atoms with Crippen molar-refractivity contribution in [3.63, 3.8) is 0 Å². The summed E-state index contributed by atoms with van der Waals surface area (Å²) in [5, 5.41) is 38.6. The number of aromatic nitrogens is 2. The molecule has 3 N–H and O–H groups in total. The number of carbonyl (C=O) groups excluding carboxylic acids is 2. The summed E-state index contributed by atoms with van der Waals surface area (Å²) in [6.07, 6.45) is -2.41. The summed E-state index contributed by atoms with van der Waals surface area (Å²) in [6, 6.07) is 13.5. The predicted molar refractivity (Wildman–Crippen MR) is 135 cm³/mol. The molecular formula is C28H33FN3O5-. The van der Waals surface area contributed by atoms with E-state index in [9.17, 15) is 29.3 Å². The molecule has 3 rings (SSSR count). The van der Waals surface area contributed by atoms with E-state index in [4.69, 9.17) is 0 Å². The lowest BCUT2D eigenvalue weighted by Crippen LogP contribution is -2.29. The molecule has 1 amide bonds. The molecule has 3 aromatic rings. The first-order valence-electron chi connectivity index (χ1n) is 12.3. The van der Waals surface area contributed by atoms with E-state index in [0.29, 0.717) is 29.9 Å². The van der Waals surface area contributed by atoms with Gasteiger partial charge in [-0.05, 0) is 67.5 Å². The van der Waals surface area contributed by atoms with Gasteiger partial charge in [-0.3, -0.25) is 4.79 Å². The molecular weight excluding hydrogens is 477 g/mol. The number of nitrogens with zero attached hydrogens (tertiary/aromatic N) is 2. The number of aliphatic carboxylic acids is 1. The van der Waals surface area contributed by atoms with Crippen molar-refractivity contribution in [2.75, 3.05) is 0 Å². The van der Waals surface area contributed by atoms with Crippen LogP contribution >= 0.6 is 0 Å². The molecule has 0 aliphatic carbocycles. The number of hydrogen-bond acceptors (Lipinski definition) is 6. The lowest BCUT2D eigenvalue weighted by molar-refractivity contribution is -0.307. The normalized spacial score (nSPS) is 12.9. The van der Waals surface area contributed by atoms with Crippen LogP contribution in [0.2, 0.25) is 0 Å². The van der Waals surface area contributed by atoms with Gasteiger partial charge in [-0.25, -0.2) is 9.07 Å². The summed E-state index contributed by atoms with van der Waals surface area (Å²) >= 11 is 0. The molecule has 0 aliphatic heterocycles. The fraction of sp³-hybridized carbons (Fsp3) is 0.393. The second-order valence-corrected chi connectivity index (χ2v) is 9.52. The number of carboxylic acids is 1. The number of amides is 1. The number of aliphatic hydroxyl groups excluding tert-OH is 2. The van der Waals surface area contributed by atoms with Crippen LogP contribution in [0.15, 0.2) is 48.5 Å². The smallest absolute Gasteiger partial charge is 0.272 e. The summed E-state index contributed by atoms with van der Waals surface area (Å²) in [7, 11) is 0. The zero-order chi connectivity index (χ0) is 27.1. The maximum Gasteiger partial charge on any atom is 0.272 e. The molecule has 0 saturated carbocycles. The van der Waals surface area contributed by atoms with E-state index in [1.807, 2.05) is 45.0 Å². The first kappa shape index (κ1) is 28.0. The quantitative estimate of drug-likeness (QED) is 0.344. The van der Waals surface area contributed by atoms with Crippen LogP contribution in [0.25, 0.3) is 5.69 Å². The summed E-state index contributed by atoms with van der Waals surface area (Å²) < 4.78 is 15.2. The van der Waals surface area contributed by atoms with E-state index in [-0.39, 0.29) is 30.4 Å². The maximum absolute atomic E-state index is 13.6. The summed E-state index contributed by atoms with van der Waals surface area (Å²) in [5.41, 5.74) is 4.22. The van der Waals surface area contributed by atoms with Gasteiger partial charge in [-0.2, -0.15) is 5.10 Å². The zero-order valence-corrected chi connectivity index (χ0v) is 21.3. The second-order valence-electron chi connectivity index (χ2n) is 9.52. The van der Waals surface area contributed by atoms with Gasteiger partial charge < -0.3 is 25.4 Å². The lowest BCUT2D eigenvalue weighted by atomic mass is 9.95. The van der Waals surface area contributed by atoms with Gasteiger partial charge in [0.1, 0.15) is 5.82 Å². The van der Waals surface area contributed by atoms with Crippen molar-refractivity contribution >= 4 is 11.9 Å². The van der Waals surface area contributed by atoms with Gasteiger partial charge in [0, 0.05) is 30.2 Å². The van der Waals surface area contributed by atoms with Crippen LogP contribution in [0.5, 0.6) is 0 Å². The van der Waals surface area contributed by atoms with Gasteiger partial charge >= 0.3 is 0 Å². The number of carbonyl (C=O) groups is 2. The minimum absolute atomic E-state index is 0.0933. The van der Waals surface area contributed by atoms with Crippen LogP contribution in [-0.2, 0) is 17.8 Å². The van der Waals surface area contributed by atoms with Crippen LogP contribution < -0.4 is 10.4 Å². The Hall–Kier alpha value is -3.56. The van der Waals surface area contributed by atoms with Crippen LogP contribution in [0.3, 0.4) is 0 Å². The summed E-state index contributed by atoms with van der Waals surface area (Å²) in [5.74, 6) is -2.24. The minimum Gasteiger partial charge on any atom is -0.550 e. The van der Waals surface area contributed by atoms with Gasteiger partial charge in [0.2, 0.25) is 0 Å². The second kappa shape index (κ2) is 12.6. The standard InChI is InChI=1S/C28H34FN3O5/c1-17(2)26-24(13-12-22(33)14-23(34)15-25(35)36)32(21-10-8-20(29)9-11-21)31-27(26)28(37)30-16-19-7-5-4-6-18(19)3/h4-11,17,22-23,33-34H,12-16H2,1-3H3,(H,30,37)(H,35,36)/p-1/t22-,23-/m1/s1. The molecule has 0 saturated heterocycles. The number of nitrogens with one attached hydrogen (secondary N) is 1. The van der Waals surface area contributed by atoms with Gasteiger partial charge in [-0.15, -0.1) is 0 Å². The van der Waals surface area contributed by atoms with Crippen LogP contribution in [0.4, 0.5) is 4.39 Å². The van der Waals surface area contributed by atoms with E-state index in [1.165, 1.54) is 12.1 Å². The largest absolute Gasteiger partial charge is 0.550 e. The number of aryl methyl sites for hydroxylation is 1. The Kier molecular flexibility index (Phi) is 9.54. The highest BCUT2D eigenvalue weighted by Gasteiger charge is 2.26. The highest BCUT2D eigenvalue weighted by molar-refractivity contribution is 5.94. The average Bonchev–Trinajstić information content (AvgIpc) is 3.22. The molecule has 37 heavy (non-hydrogen) atoms. The van der Waals surface area contributed by atoms with Gasteiger partial charge in [0.05, 0.1) is 17.9 Å². The van der Waals surface area contributed by atoms with Crippen molar-refractivity contribution in [2.45, 2.75) is 71.1 Å². The maximum atomic E-state index is 13.6. The van der Waals surface area contributed by atoms with Gasteiger partial charge in [0.15, 0.2) is 5.69 Å². The summed E-state index contributed by atoms with van der Waals surface area (Å²) in [4.78, 5) is 24.0. The number of benzene rings is 2. The number of hydrogen-bond donors (Lipinski definition) is 3. The van der Waals surface area contributed by atoms with Crippen LogP contribution in [0.1, 0.15) is 71.9 Å². The highest BCUT2D eigenvalue weighted by atomic mass is 19.1. The molecule has 8 nitrogen and oxygen atoms in total. The zero-order valence-electron chi connectivity index (χ0n) is 21.3. The van der Waals surface area contributed by atoms with Crippen molar-refractivity contribution in [1.82, 2.24) is 15.1 Å². The molecule has 2 atom stereocenters. The molecule has 2 aromatic carbocycles. The van der Waals surface area contributed by atoms with E-state index in [1.54, 1.807) is 16.8 Å². The molecule has 1 heterocycles. The number of rotatable bonds is 12. The van der Waals surface area contributed by atoms with Crippen molar-refractivity contribution in [2.24, 2.45) is 0 Å². The molecule has 0 spiro atoms. The fourth-order valence-corrected chi connectivity index (χ4v) is 4.35. The van der Waals surface area contributed by atoms with E-state index < -0.39 is 30.4 Å². The Labute approximate surface area is 215 Å². The van der Waals surface area contributed by atoms with Crippen molar-refractivity contribution in [3.8, 4) is 5.69 Å². The Balaban J connectivity index is 1.91. The topological polar surface area (TPSA) is 128 Å². The average molecular weight is 511 g/mol. The first-order valence-corrected chi connectivity index (χ1v) is 12.3. The molecule has 0 aliphatic rings. The Morgan fingerprint density at radius 1 is 1.08 bits per heavy atom. The molecule has 9 heteroatoms. The van der Waals surface area contributed by atoms with Gasteiger partial charge in [0.25, 0.3) is 5.91 Å². The van der Waals surface area contributed by atoms with Crippen LogP contribution in [0, 0.1) is 12.7 Å². The molecule has 0 fully saturated rings. The van der Waals surface area contributed by atoms with Crippen molar-refractivity contribution in [1.29, 1.82) is 0 Å². The first-order chi connectivity index (χ1) is 17.6. The Morgan fingerprint density at radius 3 is 2.38 bits per heavy atom. The third-order valence-electron chi connectivity index (χ3n) is 6.25. The SMILES string of the molecule is Cc1ccccc1CNC(=O)c1nn(-c2ccc(F)cc2)c(CC[C@@H](O)C[C@@H](O)CC(=O)[O-])c1C(C)C. The number of aliphatic hydroxyl groups is 2. The fourth-order valence-electron chi connectivity index (χ4n) is 4.35. The third-order valence-corrected chi connectivity index (χ3v) is 6.25. The minimum atomic E-state index is -1.39. The summed E-state index contributed by atoms with van der Waals surface area (Å²) in [6.45, 7) is 6.18. The number of carboxylic acid groups (broad SMARTS) is 1. The predicted octanol–water partition coefficient (Wildman–Crippen LogP) is 2.56. The van der Waals surface area contributed by atoms with Crippen molar-refractivity contribution in [3.05, 3.63) is 82.4 Å². The Bertz CT molecular complexity index is 1220.